The lowest BCUT2D eigenvalue weighted by atomic mass is 9.99. The molecule has 0 unspecified atom stereocenters. The van der Waals surface area contributed by atoms with E-state index in [2.05, 4.69) is 29.0 Å². The van der Waals surface area contributed by atoms with Crippen molar-refractivity contribution in [3.05, 3.63) is 51.7 Å². The normalized spacial score (nSPS) is 16.6. The van der Waals surface area contributed by atoms with Crippen LogP contribution in [-0.2, 0) is 11.3 Å². The molecule has 0 N–H and O–H groups in total. The molecule has 1 amide bonds. The van der Waals surface area contributed by atoms with Gasteiger partial charge in [-0.05, 0) is 43.4 Å². The Kier molecular flexibility index (Phi) is 5.52. The zero-order valence-electron chi connectivity index (χ0n) is 17.2. The lowest BCUT2D eigenvalue weighted by Crippen LogP contribution is -2.30. The molecule has 4 rings (SSSR count). The summed E-state index contributed by atoms with van der Waals surface area (Å²) in [5, 5.41) is 0.812. The number of methoxy groups -OCH3 is 2. The Labute approximate surface area is 174 Å². The van der Waals surface area contributed by atoms with E-state index in [-0.39, 0.29) is 11.9 Å². The Morgan fingerprint density at radius 3 is 2.76 bits per heavy atom. The number of aryl methyl sites for hydroxylation is 2. The first-order chi connectivity index (χ1) is 14.0. The van der Waals surface area contributed by atoms with E-state index in [1.165, 1.54) is 22.5 Å². The fourth-order valence-electron chi connectivity index (χ4n) is 4.11. The number of aromatic nitrogens is 2. The van der Waals surface area contributed by atoms with Gasteiger partial charge in [-0.3, -0.25) is 4.79 Å². The minimum atomic E-state index is 0.0617. The van der Waals surface area contributed by atoms with Crippen molar-refractivity contribution in [2.45, 2.75) is 39.3 Å². The molecule has 3 aromatic rings. The predicted molar refractivity (Wildman–Crippen MR) is 114 cm³/mol. The van der Waals surface area contributed by atoms with E-state index >= 15 is 0 Å². The third-order valence-electron chi connectivity index (χ3n) is 5.53. The maximum Gasteiger partial charge on any atom is 0.264 e. The summed E-state index contributed by atoms with van der Waals surface area (Å²) in [6.45, 7) is 5.13. The number of hydrogen-bond acceptors (Lipinski definition) is 6. The highest BCUT2D eigenvalue weighted by Crippen LogP contribution is 2.39. The van der Waals surface area contributed by atoms with Crippen molar-refractivity contribution < 1.29 is 14.3 Å². The highest BCUT2D eigenvalue weighted by atomic mass is 32.1. The van der Waals surface area contributed by atoms with E-state index in [1.807, 2.05) is 24.0 Å². The van der Waals surface area contributed by atoms with Crippen molar-refractivity contribution in [1.82, 2.24) is 14.9 Å². The number of thiophene rings is 1. The number of carbonyl (C=O) groups is 1. The summed E-state index contributed by atoms with van der Waals surface area (Å²) < 4.78 is 10.7. The Hall–Kier alpha value is -2.51. The Morgan fingerprint density at radius 2 is 2.03 bits per heavy atom. The maximum atomic E-state index is 13.6. The van der Waals surface area contributed by atoms with E-state index in [0.29, 0.717) is 23.2 Å². The fraction of sp³-hybridized carbons (Fsp3) is 0.409. The Morgan fingerprint density at radius 1 is 1.24 bits per heavy atom. The van der Waals surface area contributed by atoms with Gasteiger partial charge in [-0.2, -0.15) is 4.98 Å². The second-order valence-corrected chi connectivity index (χ2v) is 8.33. The van der Waals surface area contributed by atoms with Crippen LogP contribution < -0.4 is 4.74 Å². The minimum Gasteiger partial charge on any atom is -0.480 e. The van der Waals surface area contributed by atoms with E-state index < -0.39 is 0 Å². The van der Waals surface area contributed by atoms with Gasteiger partial charge in [0.05, 0.1) is 23.4 Å². The van der Waals surface area contributed by atoms with Gasteiger partial charge in [0.25, 0.3) is 5.91 Å². The number of nitrogens with zero attached hydrogens (tertiary/aromatic N) is 3. The Bertz CT molecular complexity index is 1060. The Balaban J connectivity index is 1.75. The molecule has 0 radical (unpaired) electrons. The van der Waals surface area contributed by atoms with Crippen LogP contribution in [0.2, 0.25) is 0 Å². The number of amides is 1. The van der Waals surface area contributed by atoms with Gasteiger partial charge in [0.15, 0.2) is 5.82 Å². The van der Waals surface area contributed by atoms with Gasteiger partial charge in [-0.25, -0.2) is 4.98 Å². The molecule has 2 aromatic heterocycles. The van der Waals surface area contributed by atoms with Crippen molar-refractivity contribution in [2.24, 2.45) is 0 Å². The molecule has 152 valence electrons. The molecule has 1 aliphatic rings. The molecule has 1 aromatic carbocycles. The first-order valence-corrected chi connectivity index (χ1v) is 10.6. The summed E-state index contributed by atoms with van der Waals surface area (Å²) in [5.41, 5.74) is 3.34. The van der Waals surface area contributed by atoms with Gasteiger partial charge in [0, 0.05) is 13.7 Å². The molecule has 3 heterocycles. The molecule has 0 spiro atoms. The largest absolute Gasteiger partial charge is 0.480 e. The highest BCUT2D eigenvalue weighted by Gasteiger charge is 2.33. The van der Waals surface area contributed by atoms with Crippen LogP contribution in [0, 0.1) is 13.8 Å². The first kappa shape index (κ1) is 19.8. The van der Waals surface area contributed by atoms with Crippen molar-refractivity contribution >= 4 is 27.5 Å². The van der Waals surface area contributed by atoms with Gasteiger partial charge in [0.2, 0.25) is 5.88 Å². The lowest BCUT2D eigenvalue weighted by molar-refractivity contribution is 0.0739. The third-order valence-corrected chi connectivity index (χ3v) is 6.70. The van der Waals surface area contributed by atoms with Crippen molar-refractivity contribution in [2.75, 3.05) is 20.8 Å². The molecular weight excluding hydrogens is 386 g/mol. The van der Waals surface area contributed by atoms with Gasteiger partial charge in [-0.15, -0.1) is 11.3 Å². The van der Waals surface area contributed by atoms with Crippen molar-refractivity contribution in [1.29, 1.82) is 0 Å². The van der Waals surface area contributed by atoms with Crippen LogP contribution in [0.5, 0.6) is 5.88 Å². The number of ether oxygens (including phenoxy) is 2. The third kappa shape index (κ3) is 3.49. The number of rotatable bonds is 5. The number of fused-ring (bicyclic) bond motifs is 1. The minimum absolute atomic E-state index is 0.0617. The molecule has 7 heteroatoms. The summed E-state index contributed by atoms with van der Waals surface area (Å²) in [7, 11) is 3.19. The van der Waals surface area contributed by atoms with Gasteiger partial charge in [0.1, 0.15) is 11.4 Å². The monoisotopic (exact) mass is 411 g/mol. The zero-order chi connectivity index (χ0) is 20.5. The summed E-state index contributed by atoms with van der Waals surface area (Å²) in [6, 6.07) is 8.45. The molecule has 0 saturated carbocycles. The van der Waals surface area contributed by atoms with Gasteiger partial charge in [-0.1, -0.05) is 24.3 Å². The quantitative estimate of drug-likeness (QED) is 0.621. The van der Waals surface area contributed by atoms with Crippen LogP contribution >= 0.6 is 11.3 Å². The summed E-state index contributed by atoms with van der Waals surface area (Å²) in [5.74, 6) is 1.11. The fourth-order valence-corrected chi connectivity index (χ4v) is 5.26. The van der Waals surface area contributed by atoms with Crippen LogP contribution in [0.15, 0.2) is 24.3 Å². The van der Waals surface area contributed by atoms with Crippen LogP contribution in [0.3, 0.4) is 0 Å². The van der Waals surface area contributed by atoms with Crippen LogP contribution in [0.1, 0.15) is 51.1 Å². The molecule has 0 bridgehead atoms. The second kappa shape index (κ2) is 8.08. The molecule has 0 aliphatic carbocycles. The lowest BCUT2D eigenvalue weighted by Gasteiger charge is -2.26. The smallest absolute Gasteiger partial charge is 0.264 e. The molecule has 1 atom stereocenters. The maximum absolute atomic E-state index is 13.6. The van der Waals surface area contributed by atoms with Crippen molar-refractivity contribution in [3.63, 3.8) is 0 Å². The van der Waals surface area contributed by atoms with Crippen LogP contribution in [-0.4, -0.2) is 41.5 Å². The molecule has 1 fully saturated rings. The molecule has 1 aliphatic heterocycles. The van der Waals surface area contributed by atoms with Gasteiger partial charge >= 0.3 is 0 Å². The van der Waals surface area contributed by atoms with Crippen LogP contribution in [0.25, 0.3) is 10.2 Å². The van der Waals surface area contributed by atoms with E-state index in [9.17, 15) is 4.79 Å². The first-order valence-electron chi connectivity index (χ1n) is 9.74. The molecule has 29 heavy (non-hydrogen) atoms. The van der Waals surface area contributed by atoms with E-state index in [1.54, 1.807) is 14.2 Å². The van der Waals surface area contributed by atoms with Crippen molar-refractivity contribution in [3.8, 4) is 5.88 Å². The number of benzene rings is 1. The number of carbonyl (C=O) groups excluding carboxylic acids is 1. The number of hydrogen-bond donors (Lipinski definition) is 0. The van der Waals surface area contributed by atoms with E-state index in [4.69, 9.17) is 9.47 Å². The average Bonchev–Trinajstić information content (AvgIpc) is 3.33. The highest BCUT2D eigenvalue weighted by molar-refractivity contribution is 7.20. The number of likely N-dealkylation sites (tertiary alicyclic amines) is 1. The standard InChI is InChI=1S/C22H25N3O3S/c1-13-8-5-6-9-15(13)16-10-7-11-25(16)22(26)19-14(2)18-20(28-4)23-17(12-27-3)24-21(18)29-19/h5-6,8-9,16H,7,10-12H2,1-4H3/t16-/m0/s1. The molecule has 6 nitrogen and oxygen atoms in total. The molecular formula is C22H25N3O3S. The van der Waals surface area contributed by atoms with Gasteiger partial charge < -0.3 is 14.4 Å². The summed E-state index contributed by atoms with van der Waals surface area (Å²) in [6.07, 6.45) is 2.00. The average molecular weight is 412 g/mol. The van der Waals surface area contributed by atoms with E-state index in [0.717, 1.165) is 35.2 Å². The van der Waals surface area contributed by atoms with Crippen LogP contribution in [0.4, 0.5) is 0 Å². The summed E-state index contributed by atoms with van der Waals surface area (Å²) in [4.78, 5) is 26.1. The summed E-state index contributed by atoms with van der Waals surface area (Å²) >= 11 is 1.41. The predicted octanol–water partition coefficient (Wildman–Crippen LogP) is 4.44. The molecule has 1 saturated heterocycles. The zero-order valence-corrected chi connectivity index (χ0v) is 18.0. The topological polar surface area (TPSA) is 64.6 Å². The second-order valence-electron chi connectivity index (χ2n) is 7.33. The SMILES string of the molecule is COCc1nc(OC)c2c(C)c(C(=O)N3CCC[C@H]3c3ccccc3C)sc2n1.